The highest BCUT2D eigenvalue weighted by atomic mass is 14.9. The molecule has 0 radical (unpaired) electrons. The molecule has 0 aliphatic carbocycles. The molecule has 0 aromatic heterocycles. The minimum Gasteiger partial charge on any atom is -0.315 e. The summed E-state index contributed by atoms with van der Waals surface area (Å²) in [6, 6.07) is 2.28. The highest BCUT2D eigenvalue weighted by Gasteiger charge is 2.27. The maximum Gasteiger partial charge on any atom is 0.0700 e. The Morgan fingerprint density at radius 2 is 2.50 bits per heavy atom. The fourth-order valence-corrected chi connectivity index (χ4v) is 0.912. The zero-order valence-corrected chi connectivity index (χ0v) is 5.07. The quantitative estimate of drug-likeness (QED) is 0.493. The largest absolute Gasteiger partial charge is 0.315 e. The molecule has 1 aliphatic rings. The van der Waals surface area contributed by atoms with Crippen molar-refractivity contribution in [2.24, 2.45) is 5.41 Å². The Morgan fingerprint density at radius 1 is 1.75 bits per heavy atom. The van der Waals surface area contributed by atoms with Crippen LogP contribution in [-0.4, -0.2) is 13.1 Å². The van der Waals surface area contributed by atoms with Gasteiger partial charge in [-0.25, -0.2) is 0 Å². The summed E-state index contributed by atoms with van der Waals surface area (Å²) in [5.74, 6) is 0. The summed E-state index contributed by atoms with van der Waals surface area (Å²) in [5, 5.41) is 11.7. The maximum atomic E-state index is 8.54. The zero-order valence-electron chi connectivity index (χ0n) is 5.07. The molecule has 0 spiro atoms. The van der Waals surface area contributed by atoms with Crippen molar-refractivity contribution in [1.82, 2.24) is 5.32 Å². The van der Waals surface area contributed by atoms with Gasteiger partial charge in [-0.3, -0.25) is 0 Å². The van der Waals surface area contributed by atoms with Gasteiger partial charge in [0.15, 0.2) is 0 Å². The molecule has 8 heavy (non-hydrogen) atoms. The van der Waals surface area contributed by atoms with Crippen LogP contribution in [0.3, 0.4) is 0 Å². The minimum absolute atomic E-state index is 0.0694. The Balaban J connectivity index is 2.56. The highest BCUT2D eigenvalue weighted by molar-refractivity contribution is 5.00. The van der Waals surface area contributed by atoms with Gasteiger partial charge in [0.2, 0.25) is 0 Å². The number of nitrogens with one attached hydrogen (secondary N) is 1. The topological polar surface area (TPSA) is 35.8 Å². The van der Waals surface area contributed by atoms with Gasteiger partial charge in [0.1, 0.15) is 0 Å². The van der Waals surface area contributed by atoms with Crippen molar-refractivity contribution in [1.29, 1.82) is 5.26 Å². The number of hydrogen-bond donors (Lipinski definition) is 1. The first-order chi connectivity index (χ1) is 3.77. The Bertz CT molecular complexity index is 117. The van der Waals surface area contributed by atoms with E-state index < -0.39 is 0 Å². The van der Waals surface area contributed by atoms with Crippen LogP contribution in [0.2, 0.25) is 0 Å². The Morgan fingerprint density at radius 3 is 2.75 bits per heavy atom. The fourth-order valence-electron chi connectivity index (χ4n) is 0.912. The van der Waals surface area contributed by atoms with E-state index in [0.717, 1.165) is 19.5 Å². The first-order valence-corrected chi connectivity index (χ1v) is 2.89. The average molecular weight is 110 g/mol. The molecule has 44 valence electrons. The van der Waals surface area contributed by atoms with Crippen LogP contribution in [0, 0.1) is 16.7 Å². The van der Waals surface area contributed by atoms with Crippen LogP contribution >= 0.6 is 0 Å². The molecule has 2 nitrogen and oxygen atoms in total. The van der Waals surface area contributed by atoms with Gasteiger partial charge in [-0.2, -0.15) is 5.26 Å². The lowest BCUT2D eigenvalue weighted by molar-refractivity contribution is 0.496. The molecule has 1 atom stereocenters. The van der Waals surface area contributed by atoms with E-state index in [9.17, 15) is 0 Å². The second kappa shape index (κ2) is 1.75. The van der Waals surface area contributed by atoms with Crippen LogP contribution in [0.25, 0.3) is 0 Å². The number of nitriles is 1. The highest BCUT2D eigenvalue weighted by Crippen LogP contribution is 2.21. The summed E-state index contributed by atoms with van der Waals surface area (Å²) in [6.45, 7) is 3.86. The maximum absolute atomic E-state index is 8.54. The molecule has 0 aromatic carbocycles. The van der Waals surface area contributed by atoms with E-state index in [1.54, 1.807) is 0 Å². The van der Waals surface area contributed by atoms with Gasteiger partial charge >= 0.3 is 0 Å². The van der Waals surface area contributed by atoms with Gasteiger partial charge in [0.05, 0.1) is 11.5 Å². The molecule has 0 aromatic rings. The van der Waals surface area contributed by atoms with Gasteiger partial charge in [-0.1, -0.05) is 0 Å². The summed E-state index contributed by atoms with van der Waals surface area (Å²) in [6.07, 6.45) is 1.00. The Labute approximate surface area is 49.5 Å². The monoisotopic (exact) mass is 110 g/mol. The molecule has 1 rings (SSSR count). The first-order valence-electron chi connectivity index (χ1n) is 2.89. The van der Waals surface area contributed by atoms with Gasteiger partial charge in [-0.15, -0.1) is 0 Å². The lowest BCUT2D eigenvalue weighted by Crippen LogP contribution is -2.17. The molecule has 1 saturated heterocycles. The van der Waals surface area contributed by atoms with Crippen molar-refractivity contribution in [3.8, 4) is 6.07 Å². The molecule has 1 heterocycles. The Hall–Kier alpha value is -0.550. The normalized spacial score (nSPS) is 37.0. The van der Waals surface area contributed by atoms with E-state index in [4.69, 9.17) is 5.26 Å². The molecule has 1 unspecified atom stereocenters. The molecule has 2 heteroatoms. The SMILES string of the molecule is CC1(C#N)CCNC1. The van der Waals surface area contributed by atoms with E-state index in [1.165, 1.54) is 0 Å². The van der Waals surface area contributed by atoms with Gasteiger partial charge < -0.3 is 5.32 Å². The van der Waals surface area contributed by atoms with Crippen molar-refractivity contribution in [3.63, 3.8) is 0 Å². The molecule has 0 bridgehead atoms. The predicted octanol–water partition coefficient (Wildman–Crippen LogP) is 0.510. The second-order valence-electron chi connectivity index (χ2n) is 2.60. The number of nitrogens with zero attached hydrogens (tertiary/aromatic N) is 1. The fraction of sp³-hybridized carbons (Fsp3) is 0.833. The first kappa shape index (κ1) is 5.58. The zero-order chi connectivity index (χ0) is 6.04. The third kappa shape index (κ3) is 0.823. The van der Waals surface area contributed by atoms with Crippen molar-refractivity contribution in [2.75, 3.05) is 13.1 Å². The van der Waals surface area contributed by atoms with Crippen molar-refractivity contribution in [3.05, 3.63) is 0 Å². The molecule has 0 saturated carbocycles. The Kier molecular flexibility index (Phi) is 1.22. The summed E-state index contributed by atoms with van der Waals surface area (Å²) >= 11 is 0. The van der Waals surface area contributed by atoms with Crippen LogP contribution < -0.4 is 5.32 Å². The van der Waals surface area contributed by atoms with Crippen molar-refractivity contribution >= 4 is 0 Å². The van der Waals surface area contributed by atoms with Gasteiger partial charge in [-0.05, 0) is 19.9 Å². The average Bonchev–Trinajstić information content (AvgIpc) is 2.17. The third-order valence-electron chi connectivity index (χ3n) is 1.64. The standard InChI is InChI=1S/C6H10N2/c1-6(4-7)2-3-8-5-6/h8H,2-3,5H2,1H3. The van der Waals surface area contributed by atoms with E-state index in [0.29, 0.717) is 0 Å². The smallest absolute Gasteiger partial charge is 0.0700 e. The number of hydrogen-bond acceptors (Lipinski definition) is 2. The molecular formula is C6H10N2. The van der Waals surface area contributed by atoms with Crippen LogP contribution in [-0.2, 0) is 0 Å². The van der Waals surface area contributed by atoms with Crippen LogP contribution in [0.5, 0.6) is 0 Å². The molecule has 1 fully saturated rings. The number of rotatable bonds is 0. The van der Waals surface area contributed by atoms with E-state index >= 15 is 0 Å². The molecule has 1 N–H and O–H groups in total. The van der Waals surface area contributed by atoms with E-state index in [2.05, 4.69) is 11.4 Å². The second-order valence-corrected chi connectivity index (χ2v) is 2.60. The van der Waals surface area contributed by atoms with Crippen LogP contribution in [0.1, 0.15) is 13.3 Å². The van der Waals surface area contributed by atoms with Crippen LogP contribution in [0.4, 0.5) is 0 Å². The third-order valence-corrected chi connectivity index (χ3v) is 1.64. The minimum atomic E-state index is -0.0694. The molecule has 1 aliphatic heterocycles. The summed E-state index contributed by atoms with van der Waals surface area (Å²) < 4.78 is 0. The van der Waals surface area contributed by atoms with Gasteiger partial charge in [0.25, 0.3) is 0 Å². The van der Waals surface area contributed by atoms with Crippen LogP contribution in [0.15, 0.2) is 0 Å². The van der Waals surface area contributed by atoms with Crippen molar-refractivity contribution in [2.45, 2.75) is 13.3 Å². The molecule has 0 amide bonds. The van der Waals surface area contributed by atoms with Crippen molar-refractivity contribution < 1.29 is 0 Å². The lowest BCUT2D eigenvalue weighted by atomic mass is 9.92. The summed E-state index contributed by atoms with van der Waals surface area (Å²) in [4.78, 5) is 0. The molecular weight excluding hydrogens is 100 g/mol. The lowest BCUT2D eigenvalue weighted by Gasteiger charge is -2.08. The van der Waals surface area contributed by atoms with Gasteiger partial charge in [0, 0.05) is 6.54 Å². The summed E-state index contributed by atoms with van der Waals surface area (Å²) in [5.41, 5.74) is -0.0694. The predicted molar refractivity (Wildman–Crippen MR) is 31.2 cm³/mol. The van der Waals surface area contributed by atoms with E-state index in [1.807, 2.05) is 6.92 Å². The summed E-state index contributed by atoms with van der Waals surface area (Å²) in [7, 11) is 0. The van der Waals surface area contributed by atoms with E-state index in [-0.39, 0.29) is 5.41 Å².